The largest absolute Gasteiger partial charge is 0.376 e. The number of hydrogen-bond donors (Lipinski definition) is 0. The van der Waals surface area contributed by atoms with Gasteiger partial charge in [0.1, 0.15) is 11.5 Å². The molecule has 0 bridgehead atoms. The molecule has 0 saturated carbocycles. The normalized spacial score (nSPS) is 10.6. The molecule has 3 nitrogen and oxygen atoms in total. The zero-order valence-electron chi connectivity index (χ0n) is 10.4. The van der Waals surface area contributed by atoms with E-state index >= 15 is 0 Å². The number of alkyl halides is 1. The Hall–Kier alpha value is -0.970. The van der Waals surface area contributed by atoms with Gasteiger partial charge in [-0.2, -0.15) is 0 Å². The SMILES string of the molecule is Clc1ncnc(CBr)c1CCOCc1ccccc1. The molecule has 0 atom stereocenters. The summed E-state index contributed by atoms with van der Waals surface area (Å²) in [6.07, 6.45) is 2.20. The van der Waals surface area contributed by atoms with Crippen molar-refractivity contribution < 1.29 is 4.74 Å². The molecule has 1 heterocycles. The van der Waals surface area contributed by atoms with Gasteiger partial charge >= 0.3 is 0 Å². The summed E-state index contributed by atoms with van der Waals surface area (Å²) in [6.45, 7) is 1.21. The first-order valence-corrected chi connectivity index (χ1v) is 7.47. The Kier molecular flexibility index (Phi) is 5.76. The third-order valence-electron chi connectivity index (χ3n) is 2.72. The van der Waals surface area contributed by atoms with Crippen LogP contribution in [0.3, 0.4) is 0 Å². The second-order valence-electron chi connectivity index (χ2n) is 4.01. The van der Waals surface area contributed by atoms with Crippen molar-refractivity contribution in [2.75, 3.05) is 6.61 Å². The van der Waals surface area contributed by atoms with E-state index in [0.29, 0.717) is 30.1 Å². The lowest BCUT2D eigenvalue weighted by molar-refractivity contribution is 0.123. The molecule has 5 heteroatoms. The number of hydrogen-bond acceptors (Lipinski definition) is 3. The van der Waals surface area contributed by atoms with Crippen LogP contribution in [-0.4, -0.2) is 16.6 Å². The minimum Gasteiger partial charge on any atom is -0.376 e. The third-order valence-corrected chi connectivity index (χ3v) is 3.57. The molecule has 100 valence electrons. The predicted octanol–water partition coefficient (Wildman–Crippen LogP) is 3.78. The molecule has 0 amide bonds. The van der Waals surface area contributed by atoms with Gasteiger partial charge in [-0.25, -0.2) is 9.97 Å². The van der Waals surface area contributed by atoms with Crippen molar-refractivity contribution in [3.63, 3.8) is 0 Å². The maximum Gasteiger partial charge on any atom is 0.136 e. The van der Waals surface area contributed by atoms with Gasteiger partial charge in [-0.15, -0.1) is 0 Å². The molecular weight excluding hydrogens is 328 g/mol. The molecule has 0 aliphatic carbocycles. The van der Waals surface area contributed by atoms with Crippen molar-refractivity contribution in [3.8, 4) is 0 Å². The van der Waals surface area contributed by atoms with Crippen molar-refractivity contribution in [3.05, 3.63) is 58.6 Å². The molecule has 0 fully saturated rings. The number of benzene rings is 1. The molecule has 0 aliphatic heterocycles. The summed E-state index contributed by atoms with van der Waals surface area (Å²) >= 11 is 9.48. The summed E-state index contributed by atoms with van der Waals surface area (Å²) in [5, 5.41) is 1.18. The van der Waals surface area contributed by atoms with Crippen LogP contribution in [0.25, 0.3) is 0 Å². The van der Waals surface area contributed by atoms with Crippen molar-refractivity contribution >= 4 is 27.5 Å². The highest BCUT2D eigenvalue weighted by Gasteiger charge is 2.08. The van der Waals surface area contributed by atoms with E-state index in [2.05, 4.69) is 25.9 Å². The van der Waals surface area contributed by atoms with Crippen LogP contribution in [0.4, 0.5) is 0 Å². The number of nitrogens with zero attached hydrogens (tertiary/aromatic N) is 2. The minimum atomic E-state index is 0.507. The maximum atomic E-state index is 6.08. The zero-order chi connectivity index (χ0) is 13.5. The van der Waals surface area contributed by atoms with Gasteiger partial charge in [0.15, 0.2) is 0 Å². The Morgan fingerprint density at radius 3 is 2.68 bits per heavy atom. The van der Waals surface area contributed by atoms with E-state index in [9.17, 15) is 0 Å². The molecular formula is C14H14BrClN2O. The summed E-state index contributed by atoms with van der Waals surface area (Å²) < 4.78 is 5.65. The Morgan fingerprint density at radius 1 is 1.16 bits per heavy atom. The molecule has 0 unspecified atom stereocenters. The molecule has 0 spiro atoms. The highest BCUT2D eigenvalue weighted by atomic mass is 79.9. The average Bonchev–Trinajstić information content (AvgIpc) is 2.46. The van der Waals surface area contributed by atoms with E-state index in [1.165, 1.54) is 11.9 Å². The van der Waals surface area contributed by atoms with Gasteiger partial charge in [0.05, 0.1) is 18.9 Å². The van der Waals surface area contributed by atoms with E-state index in [-0.39, 0.29) is 0 Å². The average molecular weight is 342 g/mol. The van der Waals surface area contributed by atoms with E-state index < -0.39 is 0 Å². The first kappa shape index (κ1) is 14.4. The maximum absolute atomic E-state index is 6.08. The summed E-state index contributed by atoms with van der Waals surface area (Å²) in [5.74, 6) is 0. The van der Waals surface area contributed by atoms with Gasteiger partial charge < -0.3 is 4.74 Å². The van der Waals surface area contributed by atoms with Gasteiger partial charge in [-0.1, -0.05) is 57.9 Å². The van der Waals surface area contributed by atoms with Gasteiger partial charge in [0.2, 0.25) is 0 Å². The number of aromatic nitrogens is 2. The van der Waals surface area contributed by atoms with Crippen molar-refractivity contribution in [1.82, 2.24) is 9.97 Å². The topological polar surface area (TPSA) is 35.0 Å². The number of ether oxygens (including phenoxy) is 1. The Bertz CT molecular complexity index is 522. The van der Waals surface area contributed by atoms with Crippen LogP contribution in [0.5, 0.6) is 0 Å². The lowest BCUT2D eigenvalue weighted by atomic mass is 10.2. The lowest BCUT2D eigenvalue weighted by Gasteiger charge is -2.08. The van der Waals surface area contributed by atoms with Crippen molar-refractivity contribution in [1.29, 1.82) is 0 Å². The van der Waals surface area contributed by atoms with Crippen molar-refractivity contribution in [2.24, 2.45) is 0 Å². The predicted molar refractivity (Wildman–Crippen MR) is 79.5 cm³/mol. The lowest BCUT2D eigenvalue weighted by Crippen LogP contribution is -2.04. The fraction of sp³-hybridized carbons (Fsp3) is 0.286. The van der Waals surface area contributed by atoms with Crippen LogP contribution in [0.2, 0.25) is 5.15 Å². The second-order valence-corrected chi connectivity index (χ2v) is 4.93. The fourth-order valence-electron chi connectivity index (χ4n) is 1.73. The van der Waals surface area contributed by atoms with Crippen LogP contribution in [0.1, 0.15) is 16.8 Å². The van der Waals surface area contributed by atoms with Gasteiger partial charge in [-0.05, 0) is 5.56 Å². The standard InChI is InChI=1S/C14H14BrClN2O/c15-8-13-12(14(16)18-10-17-13)6-7-19-9-11-4-2-1-3-5-11/h1-5,10H,6-9H2. The Morgan fingerprint density at radius 2 is 1.95 bits per heavy atom. The van der Waals surface area contributed by atoms with E-state index in [0.717, 1.165) is 11.3 Å². The highest BCUT2D eigenvalue weighted by molar-refractivity contribution is 9.08. The first-order valence-electron chi connectivity index (χ1n) is 5.97. The first-order chi connectivity index (χ1) is 9.31. The zero-order valence-corrected chi connectivity index (χ0v) is 12.7. The molecule has 0 aliphatic rings. The molecule has 19 heavy (non-hydrogen) atoms. The summed E-state index contributed by atoms with van der Waals surface area (Å²) in [5.41, 5.74) is 3.04. The summed E-state index contributed by atoms with van der Waals surface area (Å²) in [6, 6.07) is 10.1. The van der Waals surface area contributed by atoms with Crippen LogP contribution in [0.15, 0.2) is 36.7 Å². The van der Waals surface area contributed by atoms with Gasteiger partial charge in [0.25, 0.3) is 0 Å². The van der Waals surface area contributed by atoms with Crippen LogP contribution < -0.4 is 0 Å². The minimum absolute atomic E-state index is 0.507. The monoisotopic (exact) mass is 340 g/mol. The summed E-state index contributed by atoms with van der Waals surface area (Å²) in [4.78, 5) is 8.20. The van der Waals surface area contributed by atoms with E-state index in [1.54, 1.807) is 0 Å². The fourth-order valence-corrected chi connectivity index (χ4v) is 2.46. The molecule has 1 aromatic carbocycles. The molecule has 0 radical (unpaired) electrons. The molecule has 1 aromatic heterocycles. The Balaban J connectivity index is 1.86. The molecule has 0 saturated heterocycles. The Labute approximate surface area is 126 Å². The molecule has 0 N–H and O–H groups in total. The van der Waals surface area contributed by atoms with Crippen LogP contribution >= 0.6 is 27.5 Å². The molecule has 2 aromatic rings. The van der Waals surface area contributed by atoms with E-state index in [4.69, 9.17) is 16.3 Å². The van der Waals surface area contributed by atoms with E-state index in [1.807, 2.05) is 30.3 Å². The molecule has 2 rings (SSSR count). The third kappa shape index (κ3) is 4.27. The summed E-state index contributed by atoms with van der Waals surface area (Å²) in [7, 11) is 0. The van der Waals surface area contributed by atoms with Gasteiger partial charge in [0, 0.05) is 17.3 Å². The van der Waals surface area contributed by atoms with Gasteiger partial charge in [-0.3, -0.25) is 0 Å². The number of rotatable bonds is 6. The number of halogens is 2. The van der Waals surface area contributed by atoms with Crippen LogP contribution in [0, 0.1) is 0 Å². The quantitative estimate of drug-likeness (QED) is 0.455. The van der Waals surface area contributed by atoms with Crippen LogP contribution in [-0.2, 0) is 23.1 Å². The second kappa shape index (κ2) is 7.58. The smallest absolute Gasteiger partial charge is 0.136 e. The van der Waals surface area contributed by atoms with Crippen molar-refractivity contribution in [2.45, 2.75) is 18.4 Å². The highest BCUT2D eigenvalue weighted by Crippen LogP contribution is 2.18.